The zero-order valence-corrected chi connectivity index (χ0v) is 16.7. The van der Waals surface area contributed by atoms with Crippen LogP contribution in [0.25, 0.3) is 0 Å². The molecule has 2 heterocycles. The van der Waals surface area contributed by atoms with Crippen molar-refractivity contribution in [2.45, 2.75) is 45.3 Å². The van der Waals surface area contributed by atoms with Crippen LogP contribution in [0.5, 0.6) is 5.75 Å². The molecule has 0 spiro atoms. The maximum atomic E-state index is 6.07. The highest BCUT2D eigenvalue weighted by atomic mass is 16.5. The predicted octanol–water partition coefficient (Wildman–Crippen LogP) is 2.75. The molecule has 26 heavy (non-hydrogen) atoms. The Morgan fingerprint density at radius 3 is 2.31 bits per heavy atom. The molecule has 5 nitrogen and oxygen atoms in total. The number of rotatable bonds is 6. The molecule has 0 unspecified atom stereocenters. The molecule has 2 fully saturated rings. The van der Waals surface area contributed by atoms with Gasteiger partial charge in [0.05, 0.1) is 13.2 Å². The van der Waals surface area contributed by atoms with Gasteiger partial charge in [-0.1, -0.05) is 0 Å². The molecule has 0 aliphatic carbocycles. The van der Waals surface area contributed by atoms with Crippen LogP contribution in [0.2, 0.25) is 0 Å². The molecule has 2 aliphatic rings. The van der Waals surface area contributed by atoms with E-state index in [1.54, 1.807) is 0 Å². The summed E-state index contributed by atoms with van der Waals surface area (Å²) in [6.07, 6.45) is 2.29. The van der Waals surface area contributed by atoms with E-state index in [2.05, 4.69) is 60.2 Å². The number of nitrogens with one attached hydrogen (secondary N) is 1. The minimum absolute atomic E-state index is 0.205. The van der Waals surface area contributed by atoms with Crippen molar-refractivity contribution in [1.82, 2.24) is 10.2 Å². The molecule has 3 rings (SSSR count). The van der Waals surface area contributed by atoms with E-state index in [-0.39, 0.29) is 5.54 Å². The van der Waals surface area contributed by atoms with Gasteiger partial charge in [-0.3, -0.25) is 4.90 Å². The standard InChI is InChI=1S/C21H35N3O2/c1-21(2,3)22-10-11-23-12-14-24(15-13-23)18-4-6-19(7-5-18)26-20-8-16-25-17-9-20/h4-7,20,22H,8-17H2,1-3H3. The second-order valence-electron chi connectivity index (χ2n) is 8.43. The van der Waals surface area contributed by atoms with Crippen molar-refractivity contribution in [3.63, 3.8) is 0 Å². The third kappa shape index (κ3) is 6.15. The summed E-state index contributed by atoms with van der Waals surface area (Å²) in [5.74, 6) is 0.979. The minimum atomic E-state index is 0.205. The lowest BCUT2D eigenvalue weighted by molar-refractivity contribution is 0.0256. The van der Waals surface area contributed by atoms with Gasteiger partial charge in [0.1, 0.15) is 11.9 Å². The summed E-state index contributed by atoms with van der Waals surface area (Å²) >= 11 is 0. The predicted molar refractivity (Wildman–Crippen MR) is 107 cm³/mol. The molecule has 0 radical (unpaired) electrons. The van der Waals surface area contributed by atoms with Crippen molar-refractivity contribution in [1.29, 1.82) is 0 Å². The van der Waals surface area contributed by atoms with Gasteiger partial charge in [0.25, 0.3) is 0 Å². The summed E-state index contributed by atoms with van der Waals surface area (Å²) in [4.78, 5) is 5.03. The summed E-state index contributed by atoms with van der Waals surface area (Å²) in [6, 6.07) is 8.63. The van der Waals surface area contributed by atoms with Gasteiger partial charge in [-0.25, -0.2) is 0 Å². The minimum Gasteiger partial charge on any atom is -0.490 e. The number of hydrogen-bond donors (Lipinski definition) is 1. The van der Waals surface area contributed by atoms with E-state index in [0.717, 1.165) is 71.1 Å². The first-order chi connectivity index (χ1) is 12.5. The van der Waals surface area contributed by atoms with Crippen LogP contribution in [0.4, 0.5) is 5.69 Å². The molecule has 1 N–H and O–H groups in total. The molecule has 2 saturated heterocycles. The van der Waals surface area contributed by atoms with Crippen molar-refractivity contribution in [2.75, 3.05) is 57.4 Å². The molecule has 0 amide bonds. The Kier molecular flexibility index (Phi) is 6.79. The highest BCUT2D eigenvalue weighted by Crippen LogP contribution is 2.23. The summed E-state index contributed by atoms with van der Waals surface area (Å²) in [5.41, 5.74) is 1.51. The molecular formula is C21H35N3O2. The lowest BCUT2D eigenvalue weighted by Gasteiger charge is -2.36. The molecular weight excluding hydrogens is 326 g/mol. The first-order valence-electron chi connectivity index (χ1n) is 10.1. The van der Waals surface area contributed by atoms with E-state index in [4.69, 9.17) is 9.47 Å². The Labute approximate surface area is 158 Å². The van der Waals surface area contributed by atoms with Crippen LogP contribution in [0.3, 0.4) is 0 Å². The molecule has 0 bridgehead atoms. The quantitative estimate of drug-likeness (QED) is 0.843. The topological polar surface area (TPSA) is 37.0 Å². The van der Waals surface area contributed by atoms with E-state index in [1.807, 2.05) is 0 Å². The molecule has 5 heteroatoms. The van der Waals surface area contributed by atoms with Crippen LogP contribution in [-0.2, 0) is 4.74 Å². The Bertz CT molecular complexity index is 527. The maximum absolute atomic E-state index is 6.07. The lowest BCUT2D eigenvalue weighted by atomic mass is 10.1. The average molecular weight is 362 g/mol. The fraction of sp³-hybridized carbons (Fsp3) is 0.714. The molecule has 0 saturated carbocycles. The van der Waals surface area contributed by atoms with Crippen LogP contribution >= 0.6 is 0 Å². The first kappa shape index (κ1) is 19.5. The summed E-state index contributed by atoms with van der Waals surface area (Å²) < 4.78 is 11.5. The average Bonchev–Trinajstić information content (AvgIpc) is 2.63. The third-order valence-electron chi connectivity index (χ3n) is 5.13. The van der Waals surface area contributed by atoms with E-state index in [1.165, 1.54) is 5.69 Å². The number of anilines is 1. The SMILES string of the molecule is CC(C)(C)NCCN1CCN(c2ccc(OC3CCOCC3)cc2)CC1. The summed E-state index contributed by atoms with van der Waals surface area (Å²) in [5, 5.41) is 3.57. The van der Waals surface area contributed by atoms with E-state index in [9.17, 15) is 0 Å². The molecule has 1 aromatic carbocycles. The van der Waals surface area contributed by atoms with Gasteiger partial charge in [-0.2, -0.15) is 0 Å². The lowest BCUT2D eigenvalue weighted by Crippen LogP contribution is -2.49. The van der Waals surface area contributed by atoms with Crippen molar-refractivity contribution < 1.29 is 9.47 Å². The van der Waals surface area contributed by atoms with Gasteiger partial charge >= 0.3 is 0 Å². The molecule has 0 aromatic heterocycles. The Morgan fingerprint density at radius 2 is 1.69 bits per heavy atom. The van der Waals surface area contributed by atoms with Crippen molar-refractivity contribution in [2.24, 2.45) is 0 Å². The zero-order valence-electron chi connectivity index (χ0n) is 16.7. The van der Waals surface area contributed by atoms with Crippen LogP contribution in [-0.4, -0.2) is 69.0 Å². The van der Waals surface area contributed by atoms with Gasteiger partial charge in [0.2, 0.25) is 0 Å². The Balaban J connectivity index is 1.41. The normalized spacial score (nSPS) is 20.3. The zero-order chi connectivity index (χ0) is 18.4. The largest absolute Gasteiger partial charge is 0.490 e. The van der Waals surface area contributed by atoms with Gasteiger partial charge in [0.15, 0.2) is 0 Å². The molecule has 2 aliphatic heterocycles. The summed E-state index contributed by atoms with van der Waals surface area (Å²) in [7, 11) is 0. The van der Waals surface area contributed by atoms with Crippen molar-refractivity contribution in [3.05, 3.63) is 24.3 Å². The van der Waals surface area contributed by atoms with Gasteiger partial charge < -0.3 is 19.7 Å². The molecule has 1 aromatic rings. The maximum Gasteiger partial charge on any atom is 0.119 e. The highest BCUT2D eigenvalue weighted by molar-refractivity contribution is 5.49. The van der Waals surface area contributed by atoms with Crippen LogP contribution < -0.4 is 15.0 Å². The number of nitrogens with zero attached hydrogens (tertiary/aromatic N) is 2. The fourth-order valence-corrected chi connectivity index (χ4v) is 3.54. The van der Waals surface area contributed by atoms with Crippen molar-refractivity contribution in [3.8, 4) is 5.75 Å². The number of hydrogen-bond acceptors (Lipinski definition) is 5. The van der Waals surface area contributed by atoms with Crippen LogP contribution in [0.15, 0.2) is 24.3 Å². The summed E-state index contributed by atoms with van der Waals surface area (Å²) in [6.45, 7) is 14.9. The second kappa shape index (κ2) is 9.07. The molecule has 0 atom stereocenters. The van der Waals surface area contributed by atoms with E-state index >= 15 is 0 Å². The second-order valence-corrected chi connectivity index (χ2v) is 8.43. The number of piperazine rings is 1. The van der Waals surface area contributed by atoms with Gasteiger partial charge in [0, 0.05) is 63.3 Å². The van der Waals surface area contributed by atoms with Crippen LogP contribution in [0.1, 0.15) is 33.6 Å². The van der Waals surface area contributed by atoms with Gasteiger partial charge in [-0.15, -0.1) is 0 Å². The highest BCUT2D eigenvalue weighted by Gasteiger charge is 2.19. The van der Waals surface area contributed by atoms with Crippen LogP contribution in [0, 0.1) is 0 Å². The van der Waals surface area contributed by atoms with Gasteiger partial charge in [-0.05, 0) is 45.0 Å². The first-order valence-corrected chi connectivity index (χ1v) is 10.1. The smallest absolute Gasteiger partial charge is 0.119 e. The molecule has 146 valence electrons. The fourth-order valence-electron chi connectivity index (χ4n) is 3.54. The van der Waals surface area contributed by atoms with Crippen molar-refractivity contribution >= 4 is 5.69 Å². The van der Waals surface area contributed by atoms with E-state index < -0.39 is 0 Å². The van der Waals surface area contributed by atoms with E-state index in [0.29, 0.717) is 6.10 Å². The number of ether oxygens (including phenoxy) is 2. The Morgan fingerprint density at radius 1 is 1.04 bits per heavy atom. The Hall–Kier alpha value is -1.30. The monoisotopic (exact) mass is 361 g/mol. The number of benzene rings is 1. The third-order valence-corrected chi connectivity index (χ3v) is 5.13.